The zero-order chi connectivity index (χ0) is 8.59. The van der Waals surface area contributed by atoms with Crippen LogP contribution in [0.25, 0.3) is 0 Å². The van der Waals surface area contributed by atoms with Gasteiger partial charge < -0.3 is 0 Å². The van der Waals surface area contributed by atoms with Gasteiger partial charge in [-0.3, -0.25) is 0 Å². The predicted octanol–water partition coefficient (Wildman–Crippen LogP) is 3.57. The molecule has 1 aliphatic rings. The first kappa shape index (κ1) is 9.09. The molecule has 0 aromatic carbocycles. The fourth-order valence-electron chi connectivity index (χ4n) is 2.82. The van der Waals surface area contributed by atoms with Crippen LogP contribution in [0.15, 0.2) is 0 Å². The second-order valence-corrected chi connectivity index (χ2v) is 4.54. The van der Waals surface area contributed by atoms with E-state index in [-0.39, 0.29) is 0 Å². The second-order valence-electron chi connectivity index (χ2n) is 4.54. The summed E-state index contributed by atoms with van der Waals surface area (Å²) in [6.45, 7) is 12.0. The van der Waals surface area contributed by atoms with Gasteiger partial charge in [0.2, 0.25) is 0 Å². The molecule has 0 amide bonds. The summed E-state index contributed by atoms with van der Waals surface area (Å²) in [5, 5.41) is 0. The summed E-state index contributed by atoms with van der Waals surface area (Å²) < 4.78 is 0. The Labute approximate surface area is 71.4 Å². The molecule has 11 heavy (non-hydrogen) atoms. The minimum absolute atomic E-state index is 0.941. The minimum atomic E-state index is 0.941. The van der Waals surface area contributed by atoms with E-state index >= 15 is 0 Å². The molecule has 0 heterocycles. The highest BCUT2D eigenvalue weighted by molar-refractivity contribution is 4.91. The molecule has 0 aromatic heterocycles. The van der Waals surface area contributed by atoms with Gasteiger partial charge in [-0.05, 0) is 29.6 Å². The molecule has 66 valence electrons. The molecule has 0 heteroatoms. The van der Waals surface area contributed by atoms with Gasteiger partial charge in [0, 0.05) is 0 Å². The molecular weight excluding hydrogens is 132 g/mol. The Kier molecular flexibility index (Phi) is 2.61. The van der Waals surface area contributed by atoms with Crippen LogP contribution in [-0.4, -0.2) is 0 Å². The average molecular weight is 154 g/mol. The molecule has 0 spiro atoms. The van der Waals surface area contributed by atoms with E-state index in [1.165, 1.54) is 6.42 Å². The molecule has 1 aliphatic carbocycles. The molecule has 0 aromatic rings. The smallest absolute Gasteiger partial charge is 0.0332 e. The Morgan fingerprint density at radius 3 is 1.82 bits per heavy atom. The Bertz CT molecular complexity index is 112. The fourth-order valence-corrected chi connectivity index (χ4v) is 2.82. The Morgan fingerprint density at radius 2 is 1.45 bits per heavy atom. The highest BCUT2D eigenvalue weighted by atomic mass is 14.5. The van der Waals surface area contributed by atoms with Crippen molar-refractivity contribution < 1.29 is 0 Å². The molecule has 0 aliphatic heterocycles. The van der Waals surface area contributed by atoms with Crippen molar-refractivity contribution in [2.24, 2.45) is 29.6 Å². The topological polar surface area (TPSA) is 0 Å². The van der Waals surface area contributed by atoms with Crippen LogP contribution in [0.4, 0.5) is 0 Å². The Balaban J connectivity index is 2.48. The van der Waals surface area contributed by atoms with E-state index in [0.29, 0.717) is 0 Å². The highest BCUT2D eigenvalue weighted by Gasteiger charge is 2.43. The van der Waals surface area contributed by atoms with Gasteiger partial charge in [-0.1, -0.05) is 41.0 Å². The zero-order valence-electron chi connectivity index (χ0n) is 8.59. The Morgan fingerprint density at radius 1 is 1.00 bits per heavy atom. The summed E-state index contributed by atoms with van der Waals surface area (Å²) in [6, 6.07) is 0. The van der Waals surface area contributed by atoms with Gasteiger partial charge in [0.05, 0.1) is 0 Å². The van der Waals surface area contributed by atoms with Crippen molar-refractivity contribution in [1.29, 1.82) is 0 Å². The quantitative estimate of drug-likeness (QED) is 0.570. The normalized spacial score (nSPS) is 46.6. The lowest BCUT2D eigenvalue weighted by Crippen LogP contribution is -2.45. The van der Waals surface area contributed by atoms with Crippen LogP contribution in [0, 0.1) is 29.6 Å². The summed E-state index contributed by atoms with van der Waals surface area (Å²) in [6.07, 6.45) is 1.35. The van der Waals surface area contributed by atoms with E-state index in [1.807, 2.05) is 0 Å². The Hall–Kier alpha value is 0. The van der Waals surface area contributed by atoms with E-state index in [1.54, 1.807) is 0 Å². The van der Waals surface area contributed by atoms with E-state index in [2.05, 4.69) is 34.6 Å². The SMILES string of the molecule is CCC(C)C1C(C)C(C)C1C. The van der Waals surface area contributed by atoms with Crippen LogP contribution in [0.2, 0.25) is 0 Å². The summed E-state index contributed by atoms with van der Waals surface area (Å²) in [7, 11) is 0. The van der Waals surface area contributed by atoms with E-state index in [4.69, 9.17) is 0 Å². The third-order valence-corrected chi connectivity index (χ3v) is 4.17. The largest absolute Gasteiger partial charge is 0.0651 e. The maximum absolute atomic E-state index is 2.42. The van der Waals surface area contributed by atoms with Gasteiger partial charge in [-0.2, -0.15) is 0 Å². The molecule has 0 radical (unpaired) electrons. The molecule has 1 fully saturated rings. The molecule has 1 rings (SSSR count). The lowest BCUT2D eigenvalue weighted by molar-refractivity contribution is -0.0235. The maximum atomic E-state index is 2.42. The predicted molar refractivity (Wildman–Crippen MR) is 50.4 cm³/mol. The van der Waals surface area contributed by atoms with Crippen LogP contribution in [0.1, 0.15) is 41.0 Å². The molecule has 3 atom stereocenters. The van der Waals surface area contributed by atoms with Crippen molar-refractivity contribution >= 4 is 0 Å². The van der Waals surface area contributed by atoms with E-state index in [9.17, 15) is 0 Å². The lowest BCUT2D eigenvalue weighted by Gasteiger charge is -2.51. The molecule has 3 unspecified atom stereocenters. The molecule has 0 N–H and O–H groups in total. The van der Waals surface area contributed by atoms with Gasteiger partial charge in [-0.15, -0.1) is 0 Å². The number of rotatable bonds is 2. The van der Waals surface area contributed by atoms with E-state index < -0.39 is 0 Å². The van der Waals surface area contributed by atoms with Crippen molar-refractivity contribution in [3.05, 3.63) is 0 Å². The molecular formula is C11H22. The van der Waals surface area contributed by atoms with Crippen molar-refractivity contribution in [1.82, 2.24) is 0 Å². The summed E-state index contributed by atoms with van der Waals surface area (Å²) in [5.41, 5.74) is 0. The first-order valence-electron chi connectivity index (χ1n) is 5.09. The van der Waals surface area contributed by atoms with Crippen LogP contribution in [0.3, 0.4) is 0 Å². The molecule has 0 nitrogen and oxygen atoms in total. The molecule has 1 saturated carbocycles. The van der Waals surface area contributed by atoms with Crippen molar-refractivity contribution in [3.8, 4) is 0 Å². The highest BCUT2D eigenvalue weighted by Crippen LogP contribution is 2.49. The zero-order valence-corrected chi connectivity index (χ0v) is 8.59. The van der Waals surface area contributed by atoms with Gasteiger partial charge in [0.25, 0.3) is 0 Å². The number of hydrogen-bond donors (Lipinski definition) is 0. The van der Waals surface area contributed by atoms with Crippen LogP contribution >= 0.6 is 0 Å². The standard InChI is InChI=1S/C11H22/c1-6-7(2)11-9(4)8(3)10(11)5/h7-11H,6H2,1-5H3. The first-order valence-corrected chi connectivity index (χ1v) is 5.09. The number of hydrogen-bond acceptors (Lipinski definition) is 0. The van der Waals surface area contributed by atoms with E-state index in [0.717, 1.165) is 29.6 Å². The van der Waals surface area contributed by atoms with Gasteiger partial charge in [0.15, 0.2) is 0 Å². The van der Waals surface area contributed by atoms with Crippen molar-refractivity contribution in [3.63, 3.8) is 0 Å². The van der Waals surface area contributed by atoms with Crippen LogP contribution in [-0.2, 0) is 0 Å². The van der Waals surface area contributed by atoms with Crippen LogP contribution in [0.5, 0.6) is 0 Å². The average Bonchev–Trinajstić information content (AvgIpc) is 2.04. The first-order chi connectivity index (χ1) is 5.09. The summed E-state index contributed by atoms with van der Waals surface area (Å²) in [4.78, 5) is 0. The van der Waals surface area contributed by atoms with Crippen LogP contribution < -0.4 is 0 Å². The third-order valence-electron chi connectivity index (χ3n) is 4.17. The second kappa shape index (κ2) is 3.16. The van der Waals surface area contributed by atoms with Crippen molar-refractivity contribution in [2.45, 2.75) is 41.0 Å². The van der Waals surface area contributed by atoms with Gasteiger partial charge in [0.1, 0.15) is 0 Å². The minimum Gasteiger partial charge on any atom is -0.0651 e. The van der Waals surface area contributed by atoms with Crippen molar-refractivity contribution in [2.75, 3.05) is 0 Å². The fraction of sp³-hybridized carbons (Fsp3) is 1.00. The summed E-state index contributed by atoms with van der Waals surface area (Å²) >= 11 is 0. The van der Waals surface area contributed by atoms with Gasteiger partial charge >= 0.3 is 0 Å². The third kappa shape index (κ3) is 1.32. The molecule has 0 bridgehead atoms. The van der Waals surface area contributed by atoms with Gasteiger partial charge in [-0.25, -0.2) is 0 Å². The lowest BCUT2D eigenvalue weighted by atomic mass is 9.55. The summed E-state index contributed by atoms with van der Waals surface area (Å²) in [5.74, 6) is 4.86. The maximum Gasteiger partial charge on any atom is -0.0332 e. The monoisotopic (exact) mass is 154 g/mol. The molecule has 0 saturated heterocycles.